The molecule has 0 radical (unpaired) electrons. The lowest BCUT2D eigenvalue weighted by molar-refractivity contribution is -0.136. The van der Waals surface area contributed by atoms with Gasteiger partial charge in [0.2, 0.25) is 0 Å². The van der Waals surface area contributed by atoms with E-state index in [1.165, 1.54) is 6.42 Å². The molecule has 4 aliphatic carbocycles. The normalized spacial score (nSPS) is 38.0. The van der Waals surface area contributed by atoms with Crippen LogP contribution in [-0.2, 0) is 4.74 Å². The summed E-state index contributed by atoms with van der Waals surface area (Å²) in [6.07, 6.45) is 8.37. The van der Waals surface area contributed by atoms with Gasteiger partial charge in [-0.2, -0.15) is 0 Å². The summed E-state index contributed by atoms with van der Waals surface area (Å²) in [5.74, 6) is 2.94. The van der Waals surface area contributed by atoms with Crippen LogP contribution in [-0.4, -0.2) is 42.5 Å². The van der Waals surface area contributed by atoms with Gasteiger partial charge < -0.3 is 19.9 Å². The largest absolute Gasteiger partial charge is 0.494 e. The van der Waals surface area contributed by atoms with Gasteiger partial charge in [-0.25, -0.2) is 0 Å². The molecular formula is C24H33NO4. The van der Waals surface area contributed by atoms with Crippen LogP contribution in [0.2, 0.25) is 0 Å². The Labute approximate surface area is 173 Å². The van der Waals surface area contributed by atoms with Crippen molar-refractivity contribution in [2.24, 2.45) is 23.7 Å². The Kier molecular flexibility index (Phi) is 5.29. The lowest BCUT2D eigenvalue weighted by atomic mass is 9.52. The van der Waals surface area contributed by atoms with Crippen molar-refractivity contribution in [3.63, 3.8) is 0 Å². The van der Waals surface area contributed by atoms with Gasteiger partial charge in [-0.1, -0.05) is 0 Å². The van der Waals surface area contributed by atoms with Gasteiger partial charge in [0, 0.05) is 24.8 Å². The molecule has 1 aromatic carbocycles. The summed E-state index contributed by atoms with van der Waals surface area (Å²) in [5, 5.41) is 14.0. The minimum absolute atomic E-state index is 0.000340. The fourth-order valence-electron chi connectivity index (χ4n) is 6.53. The minimum atomic E-state index is -0.458. The van der Waals surface area contributed by atoms with Crippen molar-refractivity contribution in [3.8, 4) is 5.75 Å². The number of carbonyl (C=O) groups excluding carboxylic acids is 1. The zero-order chi connectivity index (χ0) is 19.8. The van der Waals surface area contributed by atoms with Crippen LogP contribution in [0.3, 0.4) is 0 Å². The number of hydrogen-bond acceptors (Lipinski definition) is 4. The lowest BCUT2D eigenvalue weighted by Gasteiger charge is -2.58. The molecule has 29 heavy (non-hydrogen) atoms. The molecule has 1 aliphatic heterocycles. The molecule has 3 unspecified atom stereocenters. The fourth-order valence-corrected chi connectivity index (χ4v) is 6.53. The highest BCUT2D eigenvalue weighted by atomic mass is 16.5. The van der Waals surface area contributed by atoms with E-state index in [2.05, 4.69) is 5.32 Å². The van der Waals surface area contributed by atoms with Crippen LogP contribution in [0.1, 0.15) is 61.7 Å². The monoisotopic (exact) mass is 399 g/mol. The number of benzene rings is 1. The third-order valence-corrected chi connectivity index (χ3v) is 7.70. The van der Waals surface area contributed by atoms with E-state index in [1.54, 1.807) is 0 Å². The van der Waals surface area contributed by atoms with Crippen LogP contribution in [0.25, 0.3) is 0 Å². The summed E-state index contributed by atoms with van der Waals surface area (Å²) in [6.45, 7) is 2.43. The Morgan fingerprint density at radius 3 is 2.59 bits per heavy atom. The number of ether oxygens (including phenoxy) is 2. The maximum absolute atomic E-state index is 12.8. The molecule has 1 aromatic rings. The van der Waals surface area contributed by atoms with Crippen molar-refractivity contribution in [1.29, 1.82) is 0 Å². The van der Waals surface area contributed by atoms with E-state index in [0.29, 0.717) is 35.8 Å². The molecular weight excluding hydrogens is 366 g/mol. The zero-order valence-electron chi connectivity index (χ0n) is 17.1. The molecule has 4 saturated carbocycles. The van der Waals surface area contributed by atoms with Gasteiger partial charge in [-0.15, -0.1) is 0 Å². The first-order valence-corrected chi connectivity index (χ1v) is 11.4. The third kappa shape index (κ3) is 4.17. The molecule has 5 fully saturated rings. The van der Waals surface area contributed by atoms with Crippen molar-refractivity contribution in [2.75, 3.05) is 19.8 Å². The van der Waals surface area contributed by atoms with E-state index in [0.717, 1.165) is 63.9 Å². The molecule has 1 heterocycles. The van der Waals surface area contributed by atoms with Crippen LogP contribution >= 0.6 is 0 Å². The number of rotatable bonds is 6. The van der Waals surface area contributed by atoms with E-state index < -0.39 is 5.60 Å². The van der Waals surface area contributed by atoms with Gasteiger partial charge in [0.05, 0.1) is 12.2 Å². The molecule has 1 saturated heterocycles. The number of hydrogen-bond donors (Lipinski definition) is 2. The molecule has 5 aliphatic rings. The second-order valence-electron chi connectivity index (χ2n) is 9.94. The first kappa shape index (κ1) is 19.4. The number of amides is 1. The molecule has 0 aromatic heterocycles. The van der Waals surface area contributed by atoms with Crippen LogP contribution in [0.4, 0.5) is 0 Å². The Bertz CT molecular complexity index is 711. The summed E-state index contributed by atoms with van der Waals surface area (Å²) in [7, 11) is 0. The van der Waals surface area contributed by atoms with Gasteiger partial charge in [-0.05, 0) is 99.3 Å². The summed E-state index contributed by atoms with van der Waals surface area (Å²) >= 11 is 0. The Balaban J connectivity index is 1.13. The van der Waals surface area contributed by atoms with Gasteiger partial charge in [0.25, 0.3) is 5.91 Å². The van der Waals surface area contributed by atoms with E-state index in [-0.39, 0.29) is 11.9 Å². The van der Waals surface area contributed by atoms with Crippen LogP contribution in [0, 0.1) is 23.7 Å². The van der Waals surface area contributed by atoms with E-state index in [9.17, 15) is 9.90 Å². The molecule has 2 N–H and O–H groups in total. The SMILES string of the molecule is O=C(NC1C2CC3CC1CC(O)(C3)C2)c1ccc(OCCC2CCCOC2)cc1. The number of nitrogens with one attached hydrogen (secondary N) is 1. The van der Waals surface area contributed by atoms with Crippen LogP contribution in [0.5, 0.6) is 5.75 Å². The highest BCUT2D eigenvalue weighted by Crippen LogP contribution is 2.55. The Morgan fingerprint density at radius 2 is 1.93 bits per heavy atom. The second kappa shape index (κ2) is 7.92. The highest BCUT2D eigenvalue weighted by molar-refractivity contribution is 5.94. The maximum atomic E-state index is 12.8. The Morgan fingerprint density at radius 1 is 1.17 bits per heavy atom. The average molecular weight is 400 g/mol. The smallest absolute Gasteiger partial charge is 0.251 e. The highest BCUT2D eigenvalue weighted by Gasteiger charge is 2.55. The van der Waals surface area contributed by atoms with E-state index >= 15 is 0 Å². The summed E-state index contributed by atoms with van der Waals surface area (Å²) in [6, 6.07) is 7.72. The van der Waals surface area contributed by atoms with E-state index in [1.807, 2.05) is 24.3 Å². The molecule has 0 spiro atoms. The molecule has 4 bridgehead atoms. The van der Waals surface area contributed by atoms with Crippen LogP contribution in [0.15, 0.2) is 24.3 Å². The van der Waals surface area contributed by atoms with Gasteiger partial charge in [0.1, 0.15) is 5.75 Å². The average Bonchev–Trinajstić information content (AvgIpc) is 2.71. The third-order valence-electron chi connectivity index (χ3n) is 7.70. The minimum Gasteiger partial charge on any atom is -0.494 e. The van der Waals surface area contributed by atoms with Crippen LogP contribution < -0.4 is 10.1 Å². The van der Waals surface area contributed by atoms with Gasteiger partial charge in [0.15, 0.2) is 0 Å². The van der Waals surface area contributed by atoms with Crippen molar-refractivity contribution in [1.82, 2.24) is 5.32 Å². The van der Waals surface area contributed by atoms with Crippen molar-refractivity contribution >= 4 is 5.91 Å². The van der Waals surface area contributed by atoms with Gasteiger partial charge >= 0.3 is 0 Å². The molecule has 3 atom stereocenters. The molecule has 158 valence electrons. The topological polar surface area (TPSA) is 67.8 Å². The Hall–Kier alpha value is -1.59. The second-order valence-corrected chi connectivity index (χ2v) is 9.94. The summed E-state index contributed by atoms with van der Waals surface area (Å²) in [4.78, 5) is 12.8. The first-order valence-electron chi connectivity index (χ1n) is 11.4. The first-order chi connectivity index (χ1) is 14.1. The zero-order valence-corrected chi connectivity index (χ0v) is 17.1. The predicted molar refractivity (Wildman–Crippen MR) is 110 cm³/mol. The van der Waals surface area contributed by atoms with E-state index in [4.69, 9.17) is 9.47 Å². The molecule has 5 nitrogen and oxygen atoms in total. The molecule has 5 heteroatoms. The lowest BCUT2D eigenvalue weighted by Crippen LogP contribution is -2.61. The van der Waals surface area contributed by atoms with Crippen molar-refractivity contribution in [2.45, 2.75) is 63.0 Å². The number of aliphatic hydroxyl groups is 1. The van der Waals surface area contributed by atoms with Crippen molar-refractivity contribution in [3.05, 3.63) is 29.8 Å². The summed E-state index contributed by atoms with van der Waals surface area (Å²) < 4.78 is 11.4. The predicted octanol–water partition coefficient (Wildman–Crippen LogP) is 3.55. The molecule has 1 amide bonds. The summed E-state index contributed by atoms with van der Waals surface area (Å²) in [5.41, 5.74) is 0.228. The number of carbonyl (C=O) groups is 1. The molecule has 6 rings (SSSR count). The van der Waals surface area contributed by atoms with Gasteiger partial charge in [-0.3, -0.25) is 4.79 Å². The fraction of sp³-hybridized carbons (Fsp3) is 0.708. The quantitative estimate of drug-likeness (QED) is 0.768. The maximum Gasteiger partial charge on any atom is 0.251 e. The standard InChI is InChI=1S/C24H33NO4/c26-23(25-22-19-10-17-11-20(22)14-24(27,12-17)13-19)18-3-5-21(6-4-18)29-9-7-16-2-1-8-28-15-16/h3-6,16-17,19-20,22,27H,1-2,7-15H2,(H,25,26). The van der Waals surface area contributed by atoms with Crippen molar-refractivity contribution < 1.29 is 19.4 Å².